The van der Waals surface area contributed by atoms with E-state index < -0.39 is 79.1 Å². The average Bonchev–Trinajstić information content (AvgIpc) is 2.58. The number of hydrogen-bond donors (Lipinski definition) is 8. The van der Waals surface area contributed by atoms with Crippen LogP contribution in [-0.4, -0.2) is 76.5 Å². The van der Waals surface area contributed by atoms with Crippen molar-refractivity contribution in [2.75, 3.05) is 6.61 Å². The van der Waals surface area contributed by atoms with Crippen molar-refractivity contribution >= 4 is 35.5 Å². The summed E-state index contributed by atoms with van der Waals surface area (Å²) in [6.45, 7) is 0.477. The molecule has 0 aromatic carbocycles. The summed E-state index contributed by atoms with van der Waals surface area (Å²) in [5.41, 5.74) is 15.2. The van der Waals surface area contributed by atoms with Crippen LogP contribution < -0.4 is 33.2 Å². The molecular weight excluding hydrogens is 380 g/mol. The first-order valence-corrected chi connectivity index (χ1v) is 7.96. The Morgan fingerprint density at radius 3 is 1.71 bits per heavy atom. The van der Waals surface area contributed by atoms with Crippen LogP contribution in [0.15, 0.2) is 0 Å². The van der Waals surface area contributed by atoms with E-state index in [0.717, 1.165) is 0 Å². The first-order chi connectivity index (χ1) is 12.9. The molecule has 0 aliphatic carbocycles. The van der Waals surface area contributed by atoms with Gasteiger partial charge in [-0.2, -0.15) is 0 Å². The molecule has 0 rings (SSSR count). The minimum Gasteiger partial charge on any atom is -0.480 e. The van der Waals surface area contributed by atoms with E-state index in [1.54, 1.807) is 0 Å². The van der Waals surface area contributed by atoms with Crippen molar-refractivity contribution in [1.82, 2.24) is 16.0 Å². The molecule has 5 amide bonds. The quantitative estimate of drug-likeness (QED) is 0.154. The number of carboxylic acids is 1. The second-order valence-electron chi connectivity index (χ2n) is 5.82. The molecule has 0 aromatic heterocycles. The molecule has 11 N–H and O–H groups in total. The zero-order valence-electron chi connectivity index (χ0n) is 15.0. The third kappa shape index (κ3) is 8.91. The van der Waals surface area contributed by atoms with E-state index in [1.807, 2.05) is 5.32 Å². The normalized spacial score (nSPS) is 14.7. The molecule has 14 heteroatoms. The Morgan fingerprint density at radius 1 is 0.821 bits per heavy atom. The average molecular weight is 404 g/mol. The van der Waals surface area contributed by atoms with Crippen molar-refractivity contribution in [3.8, 4) is 0 Å². The number of aliphatic hydroxyl groups is 1. The molecule has 0 bridgehead atoms. The van der Waals surface area contributed by atoms with Crippen molar-refractivity contribution in [3.05, 3.63) is 0 Å². The lowest BCUT2D eigenvalue weighted by Crippen LogP contribution is -2.57. The number of carboxylic acid groups (broad SMARTS) is 1. The maximum Gasteiger partial charge on any atom is 0.326 e. The van der Waals surface area contributed by atoms with Crippen molar-refractivity contribution in [2.45, 2.75) is 43.9 Å². The number of nitrogens with one attached hydrogen (secondary N) is 3. The molecule has 0 aromatic rings. The fraction of sp³-hybridized carbons (Fsp3) is 0.571. The molecule has 0 heterocycles. The van der Waals surface area contributed by atoms with Gasteiger partial charge in [0.2, 0.25) is 29.5 Å². The molecule has 0 saturated heterocycles. The van der Waals surface area contributed by atoms with Crippen molar-refractivity contribution in [3.63, 3.8) is 0 Å². The molecule has 0 radical (unpaired) electrons. The van der Waals surface area contributed by atoms with Crippen LogP contribution in [0.4, 0.5) is 0 Å². The largest absolute Gasteiger partial charge is 0.480 e. The molecule has 4 atom stereocenters. The first-order valence-electron chi connectivity index (χ1n) is 7.96. The number of primary amides is 2. The van der Waals surface area contributed by atoms with Crippen LogP contribution in [-0.2, 0) is 28.8 Å². The second-order valence-corrected chi connectivity index (χ2v) is 5.82. The summed E-state index contributed by atoms with van der Waals surface area (Å²) in [6, 6.07) is -5.75. The Balaban J connectivity index is 5.05. The van der Waals surface area contributed by atoms with Gasteiger partial charge >= 0.3 is 5.97 Å². The molecule has 0 aliphatic heterocycles. The lowest BCUT2D eigenvalue weighted by Gasteiger charge is -2.22. The third-order valence-corrected chi connectivity index (χ3v) is 3.34. The van der Waals surface area contributed by atoms with Gasteiger partial charge in [0, 0.05) is 0 Å². The third-order valence-electron chi connectivity index (χ3n) is 3.34. The number of aliphatic carboxylic acids is 1. The van der Waals surface area contributed by atoms with Crippen LogP contribution in [0.5, 0.6) is 0 Å². The fourth-order valence-electron chi connectivity index (χ4n) is 1.85. The molecule has 0 saturated carbocycles. The Kier molecular flexibility index (Phi) is 10.1. The van der Waals surface area contributed by atoms with Crippen molar-refractivity contribution in [1.29, 1.82) is 0 Å². The van der Waals surface area contributed by atoms with Gasteiger partial charge in [0.1, 0.15) is 24.2 Å². The highest BCUT2D eigenvalue weighted by Gasteiger charge is 2.29. The number of carbonyl (C=O) groups excluding carboxylic acids is 5. The van der Waals surface area contributed by atoms with Gasteiger partial charge in [-0.15, -0.1) is 0 Å². The van der Waals surface area contributed by atoms with Crippen molar-refractivity contribution < 1.29 is 39.0 Å². The molecule has 14 nitrogen and oxygen atoms in total. The van der Waals surface area contributed by atoms with E-state index in [0.29, 0.717) is 0 Å². The van der Waals surface area contributed by atoms with Crippen LogP contribution in [0.1, 0.15) is 19.8 Å². The van der Waals surface area contributed by atoms with Gasteiger partial charge in [0.15, 0.2) is 0 Å². The van der Waals surface area contributed by atoms with Gasteiger partial charge < -0.3 is 43.4 Å². The standard InChI is InChI=1S/C14H24N6O8/c1-5(11(24)20-8(14(27)28)3-10(17)23)18-13(26)7(2-9(16)22)19-12(25)6(15)4-21/h5-8,21H,2-4,15H2,1H3,(H2,16,22)(H2,17,23)(H,18,26)(H,19,25)(H,20,24)(H,27,28)/t5-,6-,7-,8-/m0/s1. The minimum absolute atomic E-state index is 0.622. The summed E-state index contributed by atoms with van der Waals surface area (Å²) >= 11 is 0. The Hall–Kier alpha value is -3.26. The highest BCUT2D eigenvalue weighted by molar-refractivity contribution is 5.96. The number of carbonyl (C=O) groups is 6. The summed E-state index contributed by atoms with van der Waals surface area (Å²) < 4.78 is 0. The second kappa shape index (κ2) is 11.5. The van der Waals surface area contributed by atoms with Crippen LogP contribution in [0.25, 0.3) is 0 Å². The highest BCUT2D eigenvalue weighted by atomic mass is 16.4. The number of amides is 5. The van der Waals surface area contributed by atoms with Gasteiger partial charge in [0.25, 0.3) is 0 Å². The maximum absolute atomic E-state index is 12.2. The van der Waals surface area contributed by atoms with Crippen molar-refractivity contribution in [2.24, 2.45) is 17.2 Å². The number of aliphatic hydroxyl groups excluding tert-OH is 1. The number of rotatable bonds is 12. The Bertz CT molecular complexity index is 639. The Morgan fingerprint density at radius 2 is 1.29 bits per heavy atom. The lowest BCUT2D eigenvalue weighted by atomic mass is 10.1. The zero-order valence-corrected chi connectivity index (χ0v) is 15.0. The van der Waals surface area contributed by atoms with E-state index in [-0.39, 0.29) is 0 Å². The smallest absolute Gasteiger partial charge is 0.326 e. The van der Waals surface area contributed by atoms with E-state index in [9.17, 15) is 28.8 Å². The van der Waals surface area contributed by atoms with Gasteiger partial charge in [0.05, 0.1) is 19.4 Å². The molecule has 0 fully saturated rings. The van der Waals surface area contributed by atoms with Crippen LogP contribution >= 0.6 is 0 Å². The summed E-state index contributed by atoms with van der Waals surface area (Å²) in [5, 5.41) is 24.1. The molecule has 158 valence electrons. The minimum atomic E-state index is -1.60. The van der Waals surface area contributed by atoms with Crippen LogP contribution in [0.3, 0.4) is 0 Å². The summed E-state index contributed by atoms with van der Waals surface area (Å²) in [7, 11) is 0. The van der Waals surface area contributed by atoms with Gasteiger partial charge in [-0.3, -0.25) is 24.0 Å². The highest BCUT2D eigenvalue weighted by Crippen LogP contribution is 1.97. The Labute approximate surface area is 159 Å². The number of nitrogens with two attached hydrogens (primary N) is 3. The zero-order chi connectivity index (χ0) is 22.0. The topological polar surface area (TPSA) is 257 Å². The van der Waals surface area contributed by atoms with E-state index in [2.05, 4.69) is 10.6 Å². The summed E-state index contributed by atoms with van der Waals surface area (Å²) in [6.07, 6.45) is -1.29. The van der Waals surface area contributed by atoms with Gasteiger partial charge in [-0.1, -0.05) is 0 Å². The van der Waals surface area contributed by atoms with Gasteiger partial charge in [-0.05, 0) is 6.92 Å². The molecule has 0 aliphatic rings. The van der Waals surface area contributed by atoms with Gasteiger partial charge in [-0.25, -0.2) is 4.79 Å². The lowest BCUT2D eigenvalue weighted by molar-refractivity contribution is -0.143. The van der Waals surface area contributed by atoms with E-state index >= 15 is 0 Å². The SMILES string of the molecule is C[C@H](NC(=O)[C@H](CC(N)=O)NC(=O)[C@@H](N)CO)C(=O)N[C@@H](CC(N)=O)C(=O)O. The predicted molar refractivity (Wildman–Crippen MR) is 91.8 cm³/mol. The molecule has 0 unspecified atom stereocenters. The fourth-order valence-corrected chi connectivity index (χ4v) is 1.85. The van der Waals surface area contributed by atoms with E-state index in [4.69, 9.17) is 27.4 Å². The molecule has 28 heavy (non-hydrogen) atoms. The summed E-state index contributed by atoms with van der Waals surface area (Å²) in [4.78, 5) is 68.9. The summed E-state index contributed by atoms with van der Waals surface area (Å²) in [5.74, 6) is -6.30. The van der Waals surface area contributed by atoms with Crippen LogP contribution in [0, 0.1) is 0 Å². The van der Waals surface area contributed by atoms with E-state index in [1.165, 1.54) is 6.92 Å². The number of hydrogen-bond acceptors (Lipinski definition) is 8. The van der Waals surface area contributed by atoms with Crippen LogP contribution in [0.2, 0.25) is 0 Å². The predicted octanol–water partition coefficient (Wildman–Crippen LogP) is -5.38. The maximum atomic E-state index is 12.2. The first kappa shape index (κ1) is 24.7. The molecular formula is C14H24N6O8. The molecule has 0 spiro atoms. The monoisotopic (exact) mass is 404 g/mol.